The van der Waals surface area contributed by atoms with E-state index < -0.39 is 5.97 Å². The highest BCUT2D eigenvalue weighted by atomic mass is 32.2. The van der Waals surface area contributed by atoms with Crippen molar-refractivity contribution >= 4 is 23.8 Å². The summed E-state index contributed by atoms with van der Waals surface area (Å²) in [6.45, 7) is 2.03. The first kappa shape index (κ1) is 16.1. The number of hydrogen-bond donors (Lipinski definition) is 1. The lowest BCUT2D eigenvalue weighted by Crippen LogP contribution is -2.23. The van der Waals surface area contributed by atoms with Crippen LogP contribution in [-0.2, 0) is 11.2 Å². The second-order valence-electron chi connectivity index (χ2n) is 4.49. The average Bonchev–Trinajstić information content (AvgIpc) is 2.94. The second kappa shape index (κ2) is 7.65. The highest BCUT2D eigenvalue weighted by molar-refractivity contribution is 8.04. The third kappa shape index (κ3) is 4.36. The molecule has 6 nitrogen and oxygen atoms in total. The van der Waals surface area contributed by atoms with Gasteiger partial charge in [-0.3, -0.25) is 5.10 Å². The number of rotatable bonds is 7. The van der Waals surface area contributed by atoms with Crippen molar-refractivity contribution in [2.24, 2.45) is 0 Å². The van der Waals surface area contributed by atoms with Crippen LogP contribution in [-0.4, -0.2) is 28.3 Å². The second-order valence-corrected chi connectivity index (χ2v) is 5.50. The van der Waals surface area contributed by atoms with E-state index in [-0.39, 0.29) is 4.91 Å². The molecule has 7 heteroatoms. The van der Waals surface area contributed by atoms with E-state index in [1.54, 1.807) is 31.4 Å². The van der Waals surface area contributed by atoms with E-state index in [1.165, 1.54) is 6.08 Å². The summed E-state index contributed by atoms with van der Waals surface area (Å²) in [7, 11) is 1.56. The zero-order chi connectivity index (χ0) is 15.9. The van der Waals surface area contributed by atoms with Crippen LogP contribution in [0.4, 0.5) is 0 Å². The molecule has 1 aromatic heterocycles. The lowest BCUT2D eigenvalue weighted by atomic mass is 10.2. The molecule has 1 N–H and O–H groups in total. The molecule has 0 amide bonds. The highest BCUT2D eigenvalue weighted by Gasteiger charge is 2.08. The predicted molar refractivity (Wildman–Crippen MR) is 82.2 cm³/mol. The maximum Gasteiger partial charge on any atom is 0.213 e. The Morgan fingerprint density at radius 2 is 2.32 bits per heavy atom. The van der Waals surface area contributed by atoms with Crippen LogP contribution in [0.2, 0.25) is 0 Å². The number of nitrogens with one attached hydrogen (secondary N) is 1. The van der Waals surface area contributed by atoms with Gasteiger partial charge >= 0.3 is 0 Å². The number of carbonyl (C=O) groups is 1. The number of nitrogens with zero attached hydrogens (tertiary/aromatic N) is 2. The van der Waals surface area contributed by atoms with Crippen LogP contribution in [0.1, 0.15) is 24.7 Å². The summed E-state index contributed by atoms with van der Waals surface area (Å²) in [5, 5.41) is 18.5. The molecular weight excluding hydrogens is 302 g/mol. The van der Waals surface area contributed by atoms with Crippen LogP contribution in [0.15, 0.2) is 34.3 Å². The number of H-pyrrole nitrogens is 1. The number of carboxylic acid groups (broad SMARTS) is 1. The van der Waals surface area contributed by atoms with Gasteiger partial charge in [-0.25, -0.2) is 4.98 Å². The van der Waals surface area contributed by atoms with Crippen LogP contribution in [0, 0.1) is 0 Å². The van der Waals surface area contributed by atoms with Crippen molar-refractivity contribution in [1.29, 1.82) is 0 Å². The van der Waals surface area contributed by atoms with Crippen molar-refractivity contribution in [2.75, 3.05) is 7.11 Å². The molecule has 0 fully saturated rings. The number of aromatic amines is 1. The summed E-state index contributed by atoms with van der Waals surface area (Å²) in [6, 6.07) is 7.10. The maximum absolute atomic E-state index is 11.3. The van der Waals surface area contributed by atoms with Gasteiger partial charge in [-0.05, 0) is 42.0 Å². The number of hydrogen-bond acceptors (Lipinski definition) is 6. The maximum atomic E-state index is 11.3. The number of aromatic nitrogens is 3. The molecule has 0 saturated heterocycles. The molecule has 22 heavy (non-hydrogen) atoms. The first-order valence-corrected chi connectivity index (χ1v) is 7.60. The van der Waals surface area contributed by atoms with Crippen LogP contribution < -0.4 is 9.84 Å². The van der Waals surface area contributed by atoms with E-state index in [2.05, 4.69) is 15.2 Å². The summed E-state index contributed by atoms with van der Waals surface area (Å²) in [4.78, 5) is 15.6. The molecule has 0 aliphatic rings. The van der Waals surface area contributed by atoms with Crippen molar-refractivity contribution in [2.45, 2.75) is 24.9 Å². The molecule has 1 heterocycles. The largest absolute Gasteiger partial charge is 0.544 e. The predicted octanol–water partition coefficient (Wildman–Crippen LogP) is 1.65. The Morgan fingerprint density at radius 1 is 1.50 bits per heavy atom. The molecule has 0 unspecified atom stereocenters. The van der Waals surface area contributed by atoms with Gasteiger partial charge in [0.2, 0.25) is 5.16 Å². The number of thioether (sulfide) groups is 1. The van der Waals surface area contributed by atoms with E-state index in [9.17, 15) is 9.90 Å². The Balaban J connectivity index is 2.21. The Hall–Kier alpha value is -2.28. The number of ether oxygens (including phenoxy) is 1. The zero-order valence-corrected chi connectivity index (χ0v) is 13.1. The van der Waals surface area contributed by atoms with Gasteiger partial charge in [0.05, 0.1) is 13.1 Å². The lowest BCUT2D eigenvalue weighted by molar-refractivity contribution is -0.297. The van der Waals surface area contributed by atoms with Crippen molar-refractivity contribution in [1.82, 2.24) is 15.2 Å². The quantitative estimate of drug-likeness (QED) is 0.616. The number of methoxy groups -OCH3 is 1. The van der Waals surface area contributed by atoms with Crippen LogP contribution in [0.5, 0.6) is 5.75 Å². The number of carboxylic acids is 1. The molecule has 0 bridgehead atoms. The van der Waals surface area contributed by atoms with Crippen molar-refractivity contribution < 1.29 is 14.6 Å². The molecule has 0 spiro atoms. The van der Waals surface area contributed by atoms with E-state index in [1.807, 2.05) is 6.92 Å². The molecule has 0 atom stereocenters. The van der Waals surface area contributed by atoms with Gasteiger partial charge in [-0.2, -0.15) is 0 Å². The Morgan fingerprint density at radius 3 is 3.00 bits per heavy atom. The summed E-state index contributed by atoms with van der Waals surface area (Å²) >= 11 is 0.957. The van der Waals surface area contributed by atoms with Crippen LogP contribution >= 0.6 is 11.8 Å². The van der Waals surface area contributed by atoms with E-state index in [4.69, 9.17) is 4.74 Å². The Labute approximate surface area is 132 Å². The van der Waals surface area contributed by atoms with Crippen molar-refractivity contribution in [3.8, 4) is 5.75 Å². The Kier molecular flexibility index (Phi) is 5.60. The zero-order valence-electron chi connectivity index (χ0n) is 12.3. The van der Waals surface area contributed by atoms with Gasteiger partial charge in [0, 0.05) is 11.3 Å². The highest BCUT2D eigenvalue weighted by Crippen LogP contribution is 2.26. The number of carbonyl (C=O) groups excluding carboxylic acids is 1. The fourth-order valence-electron chi connectivity index (χ4n) is 1.78. The van der Waals surface area contributed by atoms with Crippen LogP contribution in [0.25, 0.3) is 6.08 Å². The minimum Gasteiger partial charge on any atom is -0.544 e. The third-order valence-corrected chi connectivity index (χ3v) is 3.66. The molecule has 1 aromatic carbocycles. The molecule has 116 valence electrons. The summed E-state index contributed by atoms with van der Waals surface area (Å²) in [5.41, 5.74) is 0.704. The third-order valence-electron chi connectivity index (χ3n) is 2.79. The number of aliphatic carboxylic acids is 1. The SMILES string of the molecule is CCCc1nc(S/C(=C\c2cccc(OC)c2)C(=O)[O-])n[nH]1. The number of benzene rings is 1. The minimum absolute atomic E-state index is 0.0373. The number of aryl methyl sites for hydroxylation is 1. The van der Waals surface area contributed by atoms with Crippen molar-refractivity contribution in [3.05, 3.63) is 40.6 Å². The molecule has 2 aromatic rings. The van der Waals surface area contributed by atoms with E-state index in [0.717, 1.165) is 30.4 Å². The normalized spacial score (nSPS) is 11.5. The van der Waals surface area contributed by atoms with Gasteiger partial charge < -0.3 is 14.6 Å². The minimum atomic E-state index is -1.27. The van der Waals surface area contributed by atoms with Gasteiger partial charge in [-0.1, -0.05) is 19.1 Å². The van der Waals surface area contributed by atoms with E-state index >= 15 is 0 Å². The first-order valence-electron chi connectivity index (χ1n) is 6.78. The van der Waals surface area contributed by atoms with Crippen molar-refractivity contribution in [3.63, 3.8) is 0 Å². The fourth-order valence-corrected chi connectivity index (χ4v) is 2.51. The fraction of sp³-hybridized carbons (Fsp3) is 0.267. The average molecular weight is 318 g/mol. The molecule has 0 aliphatic heterocycles. The summed E-state index contributed by atoms with van der Waals surface area (Å²) in [6.07, 6.45) is 3.22. The van der Waals surface area contributed by atoms with Gasteiger partial charge in [0.1, 0.15) is 11.6 Å². The summed E-state index contributed by atoms with van der Waals surface area (Å²) < 4.78 is 5.12. The molecule has 0 saturated carbocycles. The molecule has 0 aliphatic carbocycles. The smallest absolute Gasteiger partial charge is 0.213 e. The monoisotopic (exact) mass is 318 g/mol. The topological polar surface area (TPSA) is 90.9 Å². The molecule has 0 radical (unpaired) electrons. The Bertz CT molecular complexity index is 682. The van der Waals surface area contributed by atoms with Crippen LogP contribution in [0.3, 0.4) is 0 Å². The molecular formula is C15H16N3O3S-. The molecule has 2 rings (SSSR count). The first-order chi connectivity index (χ1) is 10.6. The van der Waals surface area contributed by atoms with Gasteiger partial charge in [-0.15, -0.1) is 5.10 Å². The summed E-state index contributed by atoms with van der Waals surface area (Å²) in [5.74, 6) is 0.123. The van der Waals surface area contributed by atoms with Gasteiger partial charge in [0.15, 0.2) is 0 Å². The standard InChI is InChI=1S/C15H17N3O3S/c1-3-5-13-16-15(18-17-13)22-12(14(19)20)9-10-6-4-7-11(8-10)21-2/h4,6-9H,3,5H2,1-2H3,(H,19,20)(H,16,17,18)/p-1/b12-9-. The van der Waals surface area contributed by atoms with Gasteiger partial charge in [0.25, 0.3) is 0 Å². The lowest BCUT2D eigenvalue weighted by Gasteiger charge is -2.06. The van der Waals surface area contributed by atoms with E-state index in [0.29, 0.717) is 16.5 Å².